The SMILES string of the molecule is Clc1nc(NCCn2ccnc2)nc(-n2ccnc2)n1. The van der Waals surface area contributed by atoms with Crippen LogP contribution in [0.15, 0.2) is 37.4 Å². The third kappa shape index (κ3) is 2.91. The van der Waals surface area contributed by atoms with E-state index in [0.29, 0.717) is 18.4 Å². The standard InChI is InChI=1S/C11H11ClN8/c12-9-16-10(15-3-5-19-4-1-13-7-19)18-11(17-9)20-6-2-14-8-20/h1-2,4,6-8H,3,5H2,(H,15,16,17,18). The zero-order valence-electron chi connectivity index (χ0n) is 10.4. The van der Waals surface area contributed by atoms with Crippen molar-refractivity contribution in [2.24, 2.45) is 0 Å². The molecule has 102 valence electrons. The largest absolute Gasteiger partial charge is 0.352 e. The van der Waals surface area contributed by atoms with E-state index in [4.69, 9.17) is 11.6 Å². The van der Waals surface area contributed by atoms with Crippen LogP contribution in [0.2, 0.25) is 5.28 Å². The molecule has 3 aromatic rings. The minimum absolute atomic E-state index is 0.133. The molecule has 0 bridgehead atoms. The van der Waals surface area contributed by atoms with Crippen LogP contribution in [0.5, 0.6) is 0 Å². The van der Waals surface area contributed by atoms with E-state index in [1.54, 1.807) is 35.8 Å². The van der Waals surface area contributed by atoms with Crippen LogP contribution in [0.3, 0.4) is 0 Å². The van der Waals surface area contributed by atoms with Gasteiger partial charge in [-0.25, -0.2) is 9.97 Å². The summed E-state index contributed by atoms with van der Waals surface area (Å²) in [5.74, 6) is 0.849. The van der Waals surface area contributed by atoms with Crippen molar-refractivity contribution in [2.75, 3.05) is 11.9 Å². The van der Waals surface area contributed by atoms with Gasteiger partial charge in [-0.05, 0) is 11.6 Å². The minimum atomic E-state index is 0.133. The van der Waals surface area contributed by atoms with Gasteiger partial charge in [-0.2, -0.15) is 15.0 Å². The summed E-state index contributed by atoms with van der Waals surface area (Å²) in [6, 6.07) is 0. The van der Waals surface area contributed by atoms with Crippen molar-refractivity contribution in [2.45, 2.75) is 6.54 Å². The lowest BCUT2D eigenvalue weighted by molar-refractivity contribution is 0.721. The number of imidazole rings is 2. The van der Waals surface area contributed by atoms with Crippen molar-refractivity contribution >= 4 is 17.5 Å². The van der Waals surface area contributed by atoms with E-state index in [2.05, 4.69) is 30.2 Å². The van der Waals surface area contributed by atoms with Crippen molar-refractivity contribution in [3.8, 4) is 5.95 Å². The first kappa shape index (κ1) is 12.5. The van der Waals surface area contributed by atoms with Gasteiger partial charge in [-0.15, -0.1) is 0 Å². The maximum Gasteiger partial charge on any atom is 0.241 e. The Labute approximate surface area is 119 Å². The van der Waals surface area contributed by atoms with Crippen LogP contribution < -0.4 is 5.32 Å². The van der Waals surface area contributed by atoms with E-state index >= 15 is 0 Å². The Kier molecular flexibility index (Phi) is 3.55. The normalized spacial score (nSPS) is 10.7. The second-order valence-corrected chi connectivity index (χ2v) is 4.26. The maximum absolute atomic E-state index is 5.89. The Hall–Kier alpha value is -2.48. The van der Waals surface area contributed by atoms with Gasteiger partial charge in [0.1, 0.15) is 6.33 Å². The van der Waals surface area contributed by atoms with Crippen LogP contribution >= 0.6 is 11.6 Å². The van der Waals surface area contributed by atoms with Crippen molar-refractivity contribution in [3.63, 3.8) is 0 Å². The minimum Gasteiger partial charge on any atom is -0.352 e. The van der Waals surface area contributed by atoms with Gasteiger partial charge in [-0.1, -0.05) is 0 Å². The second-order valence-electron chi connectivity index (χ2n) is 3.93. The van der Waals surface area contributed by atoms with Crippen molar-refractivity contribution < 1.29 is 0 Å². The van der Waals surface area contributed by atoms with Crippen LogP contribution in [0.4, 0.5) is 5.95 Å². The Morgan fingerprint density at radius 3 is 2.65 bits per heavy atom. The summed E-state index contributed by atoms with van der Waals surface area (Å²) in [6.07, 6.45) is 10.3. The Bertz CT molecular complexity index is 664. The predicted octanol–water partition coefficient (Wildman–Crippen LogP) is 1.02. The summed E-state index contributed by atoms with van der Waals surface area (Å²) in [7, 11) is 0. The highest BCUT2D eigenvalue weighted by Gasteiger charge is 2.06. The quantitative estimate of drug-likeness (QED) is 0.755. The average molecular weight is 291 g/mol. The first-order valence-electron chi connectivity index (χ1n) is 5.91. The fourth-order valence-electron chi connectivity index (χ4n) is 1.63. The summed E-state index contributed by atoms with van der Waals surface area (Å²) in [5, 5.41) is 3.23. The molecule has 9 heteroatoms. The van der Waals surface area contributed by atoms with Gasteiger partial charge in [0.05, 0.1) is 6.33 Å². The molecule has 0 radical (unpaired) electrons. The van der Waals surface area contributed by atoms with Gasteiger partial charge in [-0.3, -0.25) is 4.57 Å². The number of nitrogens with zero attached hydrogens (tertiary/aromatic N) is 7. The fraction of sp³-hybridized carbons (Fsp3) is 0.182. The van der Waals surface area contributed by atoms with E-state index < -0.39 is 0 Å². The summed E-state index contributed by atoms with van der Waals surface area (Å²) >= 11 is 5.89. The molecule has 8 nitrogen and oxygen atoms in total. The summed E-state index contributed by atoms with van der Waals surface area (Å²) in [4.78, 5) is 20.3. The van der Waals surface area contributed by atoms with Gasteiger partial charge in [0.25, 0.3) is 0 Å². The number of anilines is 1. The zero-order chi connectivity index (χ0) is 13.8. The van der Waals surface area contributed by atoms with E-state index in [1.807, 2.05) is 10.8 Å². The predicted molar refractivity (Wildman–Crippen MR) is 72.7 cm³/mol. The Morgan fingerprint density at radius 2 is 1.90 bits per heavy atom. The molecule has 0 aromatic carbocycles. The highest BCUT2D eigenvalue weighted by Crippen LogP contribution is 2.09. The number of halogens is 1. The number of aromatic nitrogens is 7. The van der Waals surface area contributed by atoms with E-state index in [-0.39, 0.29) is 5.28 Å². The Morgan fingerprint density at radius 1 is 1.05 bits per heavy atom. The third-order valence-electron chi connectivity index (χ3n) is 2.54. The zero-order valence-corrected chi connectivity index (χ0v) is 11.1. The van der Waals surface area contributed by atoms with Crippen LogP contribution in [0.25, 0.3) is 5.95 Å². The maximum atomic E-state index is 5.89. The second kappa shape index (κ2) is 5.66. The van der Waals surface area contributed by atoms with Crippen LogP contribution in [0.1, 0.15) is 0 Å². The topological polar surface area (TPSA) is 86.3 Å². The molecular formula is C11H11ClN8. The number of hydrogen-bond acceptors (Lipinski definition) is 6. The van der Waals surface area contributed by atoms with Crippen molar-refractivity contribution in [1.29, 1.82) is 0 Å². The smallest absolute Gasteiger partial charge is 0.241 e. The fourth-order valence-corrected chi connectivity index (χ4v) is 1.78. The molecule has 0 aliphatic heterocycles. The number of hydrogen-bond donors (Lipinski definition) is 1. The molecule has 3 aromatic heterocycles. The third-order valence-corrected chi connectivity index (χ3v) is 2.71. The summed E-state index contributed by atoms with van der Waals surface area (Å²) in [6.45, 7) is 1.41. The highest BCUT2D eigenvalue weighted by atomic mass is 35.5. The van der Waals surface area contributed by atoms with E-state index in [1.165, 1.54) is 0 Å². The van der Waals surface area contributed by atoms with Gasteiger partial charge < -0.3 is 9.88 Å². The molecule has 0 saturated heterocycles. The van der Waals surface area contributed by atoms with E-state index in [0.717, 1.165) is 6.54 Å². The van der Waals surface area contributed by atoms with Crippen molar-refractivity contribution in [3.05, 3.63) is 42.7 Å². The average Bonchev–Trinajstić information content (AvgIpc) is 3.11. The molecule has 0 aliphatic carbocycles. The molecule has 0 unspecified atom stereocenters. The number of nitrogens with one attached hydrogen (secondary N) is 1. The summed E-state index contributed by atoms with van der Waals surface area (Å²) in [5.41, 5.74) is 0. The molecule has 1 N–H and O–H groups in total. The van der Waals surface area contributed by atoms with Crippen LogP contribution in [-0.2, 0) is 6.54 Å². The summed E-state index contributed by atoms with van der Waals surface area (Å²) < 4.78 is 3.61. The first-order valence-corrected chi connectivity index (χ1v) is 6.28. The van der Waals surface area contributed by atoms with Crippen LogP contribution in [0, 0.1) is 0 Å². The lowest BCUT2D eigenvalue weighted by Gasteiger charge is -2.07. The molecule has 0 aliphatic rings. The first-order chi connectivity index (χ1) is 9.81. The van der Waals surface area contributed by atoms with Gasteiger partial charge in [0, 0.05) is 37.9 Å². The van der Waals surface area contributed by atoms with Gasteiger partial charge >= 0.3 is 0 Å². The number of rotatable bonds is 5. The molecule has 0 spiro atoms. The lowest BCUT2D eigenvalue weighted by Crippen LogP contribution is -2.13. The molecule has 0 saturated carbocycles. The molecule has 3 heterocycles. The molecular weight excluding hydrogens is 280 g/mol. The van der Waals surface area contributed by atoms with Crippen LogP contribution in [-0.4, -0.2) is 40.6 Å². The molecule has 20 heavy (non-hydrogen) atoms. The monoisotopic (exact) mass is 290 g/mol. The van der Waals surface area contributed by atoms with Gasteiger partial charge in [0.15, 0.2) is 0 Å². The van der Waals surface area contributed by atoms with Gasteiger partial charge in [0.2, 0.25) is 17.2 Å². The molecule has 3 rings (SSSR count). The Balaban J connectivity index is 1.70. The highest BCUT2D eigenvalue weighted by molar-refractivity contribution is 6.28. The molecule has 0 fully saturated rings. The lowest BCUT2D eigenvalue weighted by atomic mass is 10.6. The van der Waals surface area contributed by atoms with E-state index in [9.17, 15) is 0 Å². The molecule has 0 atom stereocenters. The van der Waals surface area contributed by atoms with Crippen molar-refractivity contribution in [1.82, 2.24) is 34.1 Å². The molecule has 0 amide bonds.